The Morgan fingerprint density at radius 1 is 0.340 bits per heavy atom. The second-order valence-corrected chi connectivity index (χ2v) is 14.0. The average molecular weight is 679 g/mol. The lowest BCUT2D eigenvalue weighted by Crippen LogP contribution is -2.36. The molecule has 9 aromatic rings. The maximum absolute atomic E-state index is 6.53. The number of para-hydroxylation sites is 4. The van der Waals surface area contributed by atoms with Crippen LogP contribution in [0.3, 0.4) is 0 Å². The summed E-state index contributed by atoms with van der Waals surface area (Å²) in [6.07, 6.45) is 0. The molecule has 0 saturated heterocycles. The van der Waals surface area contributed by atoms with Gasteiger partial charge in [0.15, 0.2) is 0 Å². The van der Waals surface area contributed by atoms with Crippen molar-refractivity contribution in [3.05, 3.63) is 182 Å². The van der Waals surface area contributed by atoms with Gasteiger partial charge in [-0.2, -0.15) is 0 Å². The van der Waals surface area contributed by atoms with Crippen molar-refractivity contribution in [2.45, 2.75) is 0 Å². The smallest absolute Gasteiger partial charge is 0.143 e. The van der Waals surface area contributed by atoms with Crippen LogP contribution in [0.15, 0.2) is 186 Å². The Bertz CT molecular complexity index is 2850. The predicted molar refractivity (Wildman–Crippen MR) is 221 cm³/mol. The van der Waals surface area contributed by atoms with Crippen LogP contribution >= 0.6 is 0 Å². The fraction of sp³-hybridized carbons (Fsp3) is 0.0400. The number of nitrogens with zero attached hydrogens (tertiary/aromatic N) is 2. The van der Waals surface area contributed by atoms with E-state index >= 15 is 0 Å². The van der Waals surface area contributed by atoms with Crippen molar-refractivity contribution >= 4 is 44.7 Å². The number of furan rings is 1. The van der Waals surface area contributed by atoms with E-state index in [-0.39, 0.29) is 0 Å². The van der Waals surface area contributed by atoms with Crippen molar-refractivity contribution in [1.82, 2.24) is 0 Å². The molecule has 0 saturated carbocycles. The highest BCUT2D eigenvalue weighted by atomic mass is 16.3. The molecule has 0 unspecified atom stereocenters. The number of fused-ring (bicyclic) bond motifs is 12. The van der Waals surface area contributed by atoms with Crippen LogP contribution in [0.5, 0.6) is 0 Å². The maximum Gasteiger partial charge on any atom is 0.143 e. The first-order valence-corrected chi connectivity index (χ1v) is 18.4. The molecular formula is C50H34N2O. The molecule has 1 aliphatic carbocycles. The Kier molecular flexibility index (Phi) is 6.68. The molecule has 2 heterocycles. The highest BCUT2D eigenvalue weighted by molar-refractivity contribution is 6.11. The van der Waals surface area contributed by atoms with E-state index in [1.54, 1.807) is 0 Å². The zero-order chi connectivity index (χ0) is 34.9. The maximum atomic E-state index is 6.53. The van der Waals surface area contributed by atoms with Gasteiger partial charge in [0.05, 0.1) is 11.4 Å². The molecule has 3 nitrogen and oxygen atoms in total. The fourth-order valence-corrected chi connectivity index (χ4v) is 8.70. The Labute approximate surface area is 308 Å². The number of hydrogen-bond donors (Lipinski definition) is 0. The molecule has 3 heteroatoms. The molecule has 53 heavy (non-hydrogen) atoms. The van der Waals surface area contributed by atoms with E-state index in [2.05, 4.69) is 186 Å². The van der Waals surface area contributed by atoms with Gasteiger partial charge in [-0.05, 0) is 98.6 Å². The summed E-state index contributed by atoms with van der Waals surface area (Å²) in [5.74, 6) is 0. The zero-order valence-corrected chi connectivity index (χ0v) is 29.0. The molecule has 1 aromatic heterocycles. The molecule has 0 spiro atoms. The lowest BCUT2D eigenvalue weighted by Gasteiger charge is -2.40. The molecule has 0 radical (unpaired) electrons. The Morgan fingerprint density at radius 3 is 1.40 bits per heavy atom. The summed E-state index contributed by atoms with van der Waals surface area (Å²) in [7, 11) is 0. The third-order valence-electron chi connectivity index (χ3n) is 11.1. The first-order chi connectivity index (χ1) is 26.3. The summed E-state index contributed by atoms with van der Waals surface area (Å²) in [6, 6.07) is 66.2. The second kappa shape index (κ2) is 11.9. The molecule has 0 fully saturated rings. The van der Waals surface area contributed by atoms with E-state index in [0.717, 1.165) is 46.2 Å². The third-order valence-corrected chi connectivity index (χ3v) is 11.1. The van der Waals surface area contributed by atoms with E-state index in [0.29, 0.717) is 0 Å². The normalized spacial score (nSPS) is 13.1. The van der Waals surface area contributed by atoms with E-state index in [1.807, 2.05) is 6.07 Å². The van der Waals surface area contributed by atoms with Gasteiger partial charge in [0.1, 0.15) is 11.2 Å². The second-order valence-electron chi connectivity index (χ2n) is 14.0. The molecule has 11 rings (SSSR count). The molecule has 2 aliphatic rings. The Balaban J connectivity index is 1.17. The van der Waals surface area contributed by atoms with Crippen molar-refractivity contribution in [2.75, 3.05) is 22.9 Å². The first-order valence-electron chi connectivity index (χ1n) is 18.4. The van der Waals surface area contributed by atoms with Crippen LogP contribution in [-0.4, -0.2) is 13.1 Å². The van der Waals surface area contributed by atoms with Gasteiger partial charge in [0.2, 0.25) is 0 Å². The summed E-state index contributed by atoms with van der Waals surface area (Å²) >= 11 is 0. The average Bonchev–Trinajstić information content (AvgIpc) is 3.62. The fourth-order valence-electron chi connectivity index (χ4n) is 8.70. The van der Waals surface area contributed by atoms with Gasteiger partial charge in [-0.1, -0.05) is 133 Å². The highest BCUT2D eigenvalue weighted by Gasteiger charge is 2.30. The molecule has 0 N–H and O–H groups in total. The van der Waals surface area contributed by atoms with E-state index in [1.165, 1.54) is 67.3 Å². The van der Waals surface area contributed by atoms with Crippen molar-refractivity contribution in [3.63, 3.8) is 0 Å². The standard InChI is InChI=1S/C50H34N2O/c1-3-14-34(15-4-1)51-28-29-52(35-16-5-2-6-17-35)48-32-46-40-21-10-9-20-39(40)44-30-33(36-23-13-24-43-42-22-11-12-25-49(42)53-50(36)43)26-27-41(44)37-18-7-8-19-38(37)45(46)31-47(48)51/h1-27,30-32H,28-29H2. The molecule has 0 atom stereocenters. The summed E-state index contributed by atoms with van der Waals surface area (Å²) in [6.45, 7) is 1.76. The minimum Gasteiger partial charge on any atom is -0.455 e. The van der Waals surface area contributed by atoms with Gasteiger partial charge >= 0.3 is 0 Å². The lowest BCUT2D eigenvalue weighted by atomic mass is 9.79. The summed E-state index contributed by atoms with van der Waals surface area (Å²) in [4.78, 5) is 4.98. The minimum atomic E-state index is 0.877. The van der Waals surface area contributed by atoms with E-state index < -0.39 is 0 Å². The quantitative estimate of drug-likeness (QED) is 0.185. The van der Waals surface area contributed by atoms with Crippen LogP contribution in [0.25, 0.3) is 77.6 Å². The topological polar surface area (TPSA) is 19.6 Å². The molecule has 8 aromatic carbocycles. The van der Waals surface area contributed by atoms with Gasteiger partial charge in [0, 0.05) is 40.8 Å². The molecule has 0 amide bonds. The third kappa shape index (κ3) is 4.67. The largest absolute Gasteiger partial charge is 0.455 e. The molecule has 1 aliphatic heterocycles. The van der Waals surface area contributed by atoms with E-state index in [4.69, 9.17) is 4.42 Å². The van der Waals surface area contributed by atoms with Crippen LogP contribution in [0.2, 0.25) is 0 Å². The van der Waals surface area contributed by atoms with Crippen LogP contribution < -0.4 is 9.80 Å². The highest BCUT2D eigenvalue weighted by Crippen LogP contribution is 2.53. The van der Waals surface area contributed by atoms with Crippen molar-refractivity contribution in [3.8, 4) is 55.6 Å². The predicted octanol–water partition coefficient (Wildman–Crippen LogP) is 13.5. The lowest BCUT2D eigenvalue weighted by molar-refractivity contribution is 0.670. The first kappa shape index (κ1) is 29.8. The molecule has 0 bridgehead atoms. The number of hydrogen-bond acceptors (Lipinski definition) is 3. The van der Waals surface area contributed by atoms with Gasteiger partial charge in [-0.3, -0.25) is 0 Å². The Morgan fingerprint density at radius 2 is 0.792 bits per heavy atom. The molecular weight excluding hydrogens is 645 g/mol. The van der Waals surface area contributed by atoms with Gasteiger partial charge in [0.25, 0.3) is 0 Å². The minimum absolute atomic E-state index is 0.877. The summed E-state index contributed by atoms with van der Waals surface area (Å²) in [5.41, 5.74) is 18.7. The van der Waals surface area contributed by atoms with Crippen LogP contribution in [-0.2, 0) is 0 Å². The summed E-state index contributed by atoms with van der Waals surface area (Å²) < 4.78 is 6.53. The van der Waals surface area contributed by atoms with Crippen LogP contribution in [0.4, 0.5) is 22.7 Å². The van der Waals surface area contributed by atoms with Crippen LogP contribution in [0.1, 0.15) is 0 Å². The summed E-state index contributed by atoms with van der Waals surface area (Å²) in [5, 5.41) is 2.28. The van der Waals surface area contributed by atoms with Gasteiger partial charge in [-0.15, -0.1) is 0 Å². The van der Waals surface area contributed by atoms with Crippen molar-refractivity contribution in [1.29, 1.82) is 0 Å². The number of benzene rings is 8. The van der Waals surface area contributed by atoms with Crippen molar-refractivity contribution < 1.29 is 4.42 Å². The van der Waals surface area contributed by atoms with E-state index in [9.17, 15) is 0 Å². The number of rotatable bonds is 3. The SMILES string of the molecule is c1ccc(N2CCN(c3ccccc3)c3cc4c(cc32)-c2ccccc2-c2ccc(-c3cccc5c3oc3ccccc35)cc2-c2ccccc2-4)cc1. The van der Waals surface area contributed by atoms with Gasteiger partial charge < -0.3 is 14.2 Å². The van der Waals surface area contributed by atoms with Crippen LogP contribution in [0, 0.1) is 0 Å². The Hall–Kier alpha value is -6.84. The number of anilines is 4. The monoisotopic (exact) mass is 678 g/mol. The molecule has 250 valence electrons. The van der Waals surface area contributed by atoms with Crippen molar-refractivity contribution in [2.24, 2.45) is 0 Å². The zero-order valence-electron chi connectivity index (χ0n) is 29.0. The van der Waals surface area contributed by atoms with Gasteiger partial charge in [-0.25, -0.2) is 0 Å².